The molecule has 3 atom stereocenters. The Bertz CT molecular complexity index is 269. The average molecular weight is 239 g/mol. The molecule has 3 nitrogen and oxygen atoms in total. The predicted molar refractivity (Wildman–Crippen MR) is 68.0 cm³/mol. The van der Waals surface area contributed by atoms with Crippen LogP contribution in [0.25, 0.3) is 0 Å². The molecule has 2 fully saturated rings. The van der Waals surface area contributed by atoms with Crippen LogP contribution in [0.3, 0.4) is 0 Å². The number of hydrogen-bond donors (Lipinski definition) is 0. The molecular weight excluding hydrogens is 214 g/mol. The molecule has 1 heterocycles. The molecular formula is C14H25NO2. The second-order valence-corrected chi connectivity index (χ2v) is 6.08. The number of nitrogens with zero attached hydrogens (tertiary/aromatic N) is 1. The van der Waals surface area contributed by atoms with Gasteiger partial charge in [-0.2, -0.15) is 0 Å². The molecule has 3 heteroatoms. The average Bonchev–Trinajstić information content (AvgIpc) is 2.32. The standard InChI is InChI=1S/C14H25NO2/c1-12-4-3-5-14(8-12,11-16)10-15-6-7-17-9-13(15)2/h11-13H,3-10H2,1-2H3. The van der Waals surface area contributed by atoms with E-state index in [1.165, 1.54) is 19.1 Å². The third-order valence-corrected chi connectivity index (χ3v) is 4.40. The van der Waals surface area contributed by atoms with Gasteiger partial charge in [0, 0.05) is 24.5 Å². The Labute approximate surface area is 105 Å². The van der Waals surface area contributed by atoms with Crippen molar-refractivity contribution < 1.29 is 9.53 Å². The van der Waals surface area contributed by atoms with Crippen molar-refractivity contribution in [1.29, 1.82) is 0 Å². The summed E-state index contributed by atoms with van der Waals surface area (Å²) in [5, 5.41) is 0. The van der Waals surface area contributed by atoms with Gasteiger partial charge >= 0.3 is 0 Å². The maximum Gasteiger partial charge on any atom is 0.127 e. The Balaban J connectivity index is 2.00. The molecule has 1 saturated heterocycles. The highest BCUT2D eigenvalue weighted by molar-refractivity contribution is 5.60. The molecule has 98 valence electrons. The number of aldehydes is 1. The molecule has 1 saturated carbocycles. The lowest BCUT2D eigenvalue weighted by atomic mass is 9.70. The van der Waals surface area contributed by atoms with Crippen LogP contribution in [0, 0.1) is 11.3 Å². The van der Waals surface area contributed by atoms with Crippen LogP contribution < -0.4 is 0 Å². The molecule has 0 N–H and O–H groups in total. The van der Waals surface area contributed by atoms with Gasteiger partial charge in [-0.1, -0.05) is 19.8 Å². The molecule has 17 heavy (non-hydrogen) atoms. The van der Waals surface area contributed by atoms with Crippen molar-refractivity contribution >= 4 is 6.29 Å². The van der Waals surface area contributed by atoms with Crippen molar-refractivity contribution in [3.63, 3.8) is 0 Å². The van der Waals surface area contributed by atoms with Crippen LogP contribution in [-0.4, -0.2) is 43.5 Å². The van der Waals surface area contributed by atoms with Gasteiger partial charge in [0.15, 0.2) is 0 Å². The van der Waals surface area contributed by atoms with Gasteiger partial charge in [0.25, 0.3) is 0 Å². The minimum absolute atomic E-state index is 0.0801. The maximum atomic E-state index is 11.5. The summed E-state index contributed by atoms with van der Waals surface area (Å²) in [6.07, 6.45) is 5.88. The summed E-state index contributed by atoms with van der Waals surface area (Å²) in [6, 6.07) is 0.456. The van der Waals surface area contributed by atoms with E-state index in [9.17, 15) is 4.79 Å². The fourth-order valence-corrected chi connectivity index (χ4v) is 3.39. The molecule has 1 aliphatic carbocycles. The number of hydrogen-bond acceptors (Lipinski definition) is 3. The monoisotopic (exact) mass is 239 g/mol. The Morgan fingerprint density at radius 2 is 2.29 bits per heavy atom. The number of morpholine rings is 1. The lowest BCUT2D eigenvalue weighted by Crippen LogP contribution is -2.50. The first kappa shape index (κ1) is 13.0. The summed E-state index contributed by atoms with van der Waals surface area (Å²) in [4.78, 5) is 14.0. The molecule has 0 aromatic rings. The lowest BCUT2D eigenvalue weighted by Gasteiger charge is -2.42. The zero-order valence-electron chi connectivity index (χ0n) is 11.2. The SMILES string of the molecule is CC1CCCC(C=O)(CN2CCOCC2C)C1. The van der Waals surface area contributed by atoms with Crippen molar-refractivity contribution in [2.24, 2.45) is 11.3 Å². The first-order valence-electron chi connectivity index (χ1n) is 6.93. The zero-order valence-corrected chi connectivity index (χ0v) is 11.2. The van der Waals surface area contributed by atoms with E-state index in [-0.39, 0.29) is 5.41 Å². The summed E-state index contributed by atoms with van der Waals surface area (Å²) < 4.78 is 5.46. The van der Waals surface area contributed by atoms with Gasteiger partial charge in [0.05, 0.1) is 13.2 Å². The van der Waals surface area contributed by atoms with Gasteiger partial charge in [-0.05, 0) is 25.7 Å². The highest BCUT2D eigenvalue weighted by atomic mass is 16.5. The van der Waals surface area contributed by atoms with E-state index in [4.69, 9.17) is 4.74 Å². The van der Waals surface area contributed by atoms with E-state index < -0.39 is 0 Å². The van der Waals surface area contributed by atoms with Crippen LogP contribution in [0.1, 0.15) is 39.5 Å². The minimum Gasteiger partial charge on any atom is -0.379 e. The summed E-state index contributed by atoms with van der Waals surface area (Å²) in [5.74, 6) is 0.699. The van der Waals surface area contributed by atoms with Crippen molar-refractivity contribution in [1.82, 2.24) is 4.90 Å². The number of ether oxygens (including phenoxy) is 1. The van der Waals surface area contributed by atoms with Gasteiger partial charge in [0.2, 0.25) is 0 Å². The third kappa shape index (κ3) is 3.08. The Kier molecular flexibility index (Phi) is 4.21. The molecule has 0 amide bonds. The normalized spacial score (nSPS) is 40.1. The highest BCUT2D eigenvalue weighted by Gasteiger charge is 2.37. The fourth-order valence-electron chi connectivity index (χ4n) is 3.39. The van der Waals surface area contributed by atoms with E-state index in [0.29, 0.717) is 12.0 Å². The quantitative estimate of drug-likeness (QED) is 0.706. The van der Waals surface area contributed by atoms with Gasteiger partial charge < -0.3 is 9.53 Å². The van der Waals surface area contributed by atoms with E-state index in [1.807, 2.05) is 0 Å². The molecule has 2 rings (SSSR count). The molecule has 0 aromatic carbocycles. The van der Waals surface area contributed by atoms with E-state index >= 15 is 0 Å². The smallest absolute Gasteiger partial charge is 0.127 e. The van der Waals surface area contributed by atoms with E-state index in [0.717, 1.165) is 39.1 Å². The Morgan fingerprint density at radius 1 is 1.47 bits per heavy atom. The number of carbonyl (C=O) groups excluding carboxylic acids is 1. The molecule has 0 aromatic heterocycles. The van der Waals surface area contributed by atoms with Crippen LogP contribution in [0.4, 0.5) is 0 Å². The molecule has 0 spiro atoms. The topological polar surface area (TPSA) is 29.5 Å². The molecule has 0 radical (unpaired) electrons. The van der Waals surface area contributed by atoms with Crippen LogP contribution in [0.5, 0.6) is 0 Å². The lowest BCUT2D eigenvalue weighted by molar-refractivity contribution is -0.122. The zero-order chi connectivity index (χ0) is 12.3. The highest BCUT2D eigenvalue weighted by Crippen LogP contribution is 2.38. The number of carbonyl (C=O) groups is 1. The fraction of sp³-hybridized carbons (Fsp3) is 0.929. The predicted octanol–water partition coefficient (Wildman–Crippen LogP) is 2.10. The van der Waals surface area contributed by atoms with Gasteiger partial charge in [-0.15, -0.1) is 0 Å². The molecule has 3 unspecified atom stereocenters. The Morgan fingerprint density at radius 3 is 2.94 bits per heavy atom. The van der Waals surface area contributed by atoms with E-state index in [1.54, 1.807) is 0 Å². The van der Waals surface area contributed by atoms with Gasteiger partial charge in [-0.3, -0.25) is 4.90 Å². The first-order chi connectivity index (χ1) is 8.15. The Hall–Kier alpha value is -0.410. The first-order valence-corrected chi connectivity index (χ1v) is 6.93. The largest absolute Gasteiger partial charge is 0.379 e. The van der Waals surface area contributed by atoms with Gasteiger partial charge in [0.1, 0.15) is 6.29 Å². The maximum absolute atomic E-state index is 11.5. The summed E-state index contributed by atoms with van der Waals surface area (Å²) in [7, 11) is 0. The molecule has 0 bridgehead atoms. The molecule has 1 aliphatic heterocycles. The second-order valence-electron chi connectivity index (χ2n) is 6.08. The van der Waals surface area contributed by atoms with E-state index in [2.05, 4.69) is 18.7 Å². The second kappa shape index (κ2) is 5.49. The van der Waals surface area contributed by atoms with Crippen molar-refractivity contribution in [3.8, 4) is 0 Å². The summed E-state index contributed by atoms with van der Waals surface area (Å²) >= 11 is 0. The minimum atomic E-state index is -0.0801. The van der Waals surface area contributed by atoms with Crippen molar-refractivity contribution in [2.75, 3.05) is 26.3 Å². The molecule has 2 aliphatic rings. The van der Waals surface area contributed by atoms with Crippen LogP contribution in [0.15, 0.2) is 0 Å². The van der Waals surface area contributed by atoms with Crippen LogP contribution >= 0.6 is 0 Å². The van der Waals surface area contributed by atoms with Crippen LogP contribution in [-0.2, 0) is 9.53 Å². The third-order valence-electron chi connectivity index (χ3n) is 4.40. The van der Waals surface area contributed by atoms with Gasteiger partial charge in [-0.25, -0.2) is 0 Å². The summed E-state index contributed by atoms with van der Waals surface area (Å²) in [6.45, 7) is 8.01. The van der Waals surface area contributed by atoms with Crippen LogP contribution in [0.2, 0.25) is 0 Å². The summed E-state index contributed by atoms with van der Waals surface area (Å²) in [5.41, 5.74) is -0.0801. The van der Waals surface area contributed by atoms with Crippen molar-refractivity contribution in [3.05, 3.63) is 0 Å². The van der Waals surface area contributed by atoms with Crippen molar-refractivity contribution in [2.45, 2.75) is 45.6 Å². The number of rotatable bonds is 3.